The molecule has 3 fully saturated rings. The van der Waals surface area contributed by atoms with Crippen LogP contribution in [0.3, 0.4) is 0 Å². The third-order valence-electron chi connectivity index (χ3n) is 18.0. The van der Waals surface area contributed by atoms with E-state index in [0.29, 0.717) is 0 Å². The Bertz CT molecular complexity index is 4320. The molecule has 0 bridgehead atoms. The molecule has 11 heterocycles. The van der Waals surface area contributed by atoms with Gasteiger partial charge in [0.25, 0.3) is 0 Å². The van der Waals surface area contributed by atoms with Gasteiger partial charge in [0.15, 0.2) is 11.3 Å². The van der Waals surface area contributed by atoms with Crippen molar-refractivity contribution < 1.29 is 9.47 Å². The number of rotatable bonds is 13. The zero-order valence-electron chi connectivity index (χ0n) is 52.7. The van der Waals surface area contributed by atoms with E-state index in [1.807, 2.05) is 51.8 Å². The van der Waals surface area contributed by atoms with Gasteiger partial charge in [-0.1, -0.05) is 55.8 Å². The molecular weight excluding hydrogens is 1120 g/mol. The van der Waals surface area contributed by atoms with Crippen LogP contribution in [0.25, 0.3) is 50.7 Å². The molecule has 0 unspecified atom stereocenters. The number of morpholine rings is 2. The van der Waals surface area contributed by atoms with E-state index in [9.17, 15) is 0 Å². The summed E-state index contributed by atoms with van der Waals surface area (Å²) >= 11 is 0. The number of hydrogen-bond acceptors (Lipinski definition) is 12. The maximum absolute atomic E-state index is 5.45. The van der Waals surface area contributed by atoms with Gasteiger partial charge in [-0.2, -0.15) is 10.2 Å². The number of ether oxygens (including phenoxy) is 2. The minimum absolute atomic E-state index is 0.788. The van der Waals surface area contributed by atoms with E-state index in [1.165, 1.54) is 57.9 Å². The Morgan fingerprint density at radius 1 is 0.489 bits per heavy atom. The van der Waals surface area contributed by atoms with Gasteiger partial charge in [0.2, 0.25) is 0 Å². The second-order valence-corrected chi connectivity index (χ2v) is 24.3. The SMILES string of the molecule is Cc1cccc(-c2ccc(Cc3ccc(N4CCOCC4)cc3)c3nccn23)c1.Cc1n[nH]c(C)c1-c1ccc(Nc2ccc(N3CCC(C(C)C)CC3)cc2)c2nccn12.Cc1n[nH]c(C)c1-c1ccc(Nc2ccc(N3CCOCC3)cc2)c2nccn12. The number of pyridine rings is 3. The van der Waals surface area contributed by atoms with Crippen LogP contribution in [-0.4, -0.2) is 114 Å². The van der Waals surface area contributed by atoms with Crippen LogP contribution in [0.5, 0.6) is 0 Å². The molecular formula is C73H81N15O2. The largest absolute Gasteiger partial charge is 0.378 e. The van der Waals surface area contributed by atoms with E-state index in [4.69, 9.17) is 9.47 Å². The van der Waals surface area contributed by atoms with Crippen LogP contribution in [0, 0.1) is 46.5 Å². The fourth-order valence-corrected chi connectivity index (χ4v) is 13.1. The van der Waals surface area contributed by atoms with Gasteiger partial charge in [-0.05, 0) is 173 Å². The van der Waals surface area contributed by atoms with Crippen molar-refractivity contribution in [2.75, 3.05) is 91.0 Å². The molecule has 0 saturated carbocycles. The molecule has 4 aromatic carbocycles. The summed E-state index contributed by atoms with van der Waals surface area (Å²) < 4.78 is 17.3. The number of piperidine rings is 1. The quantitative estimate of drug-likeness (QED) is 0.0866. The lowest BCUT2D eigenvalue weighted by Gasteiger charge is -2.35. The molecule has 0 spiro atoms. The topological polar surface area (TPSA) is 161 Å². The molecule has 0 aliphatic carbocycles. The van der Waals surface area contributed by atoms with Crippen LogP contribution in [-0.2, 0) is 15.9 Å². The molecule has 4 N–H and O–H groups in total. The monoisotopic (exact) mass is 1200 g/mol. The molecule has 8 aromatic heterocycles. The van der Waals surface area contributed by atoms with E-state index in [0.717, 1.165) is 169 Å². The van der Waals surface area contributed by atoms with Crippen LogP contribution in [0.4, 0.5) is 39.8 Å². The van der Waals surface area contributed by atoms with Crippen LogP contribution in [0.2, 0.25) is 0 Å². The number of aromatic nitrogens is 10. The number of benzene rings is 4. The Kier molecular flexibility index (Phi) is 17.5. The zero-order chi connectivity index (χ0) is 61.7. The standard InChI is InChI=1S/C26H32N6.C25H25N3O.C22H24N6O/c1-17(2)20-11-14-31(15-12-20)22-7-5-21(6-8-22)28-23-9-10-24(32-16-13-27-26(23)32)25-18(3)29-30-19(25)4;1-19-3-2-4-21(17-19)24-10-7-22(25-26-11-12-28(24)25)18-20-5-8-23(9-6-20)27-13-15-29-16-14-27;1-15-21(16(2)26-25-15)20-8-7-19(22-23-9-10-28(20)22)24-17-3-5-18(6-4-17)27-11-13-29-14-12-27/h5-10,13,16-17,20,28H,11-12,14-15H2,1-4H3,(H,29,30);2-12,17H,13-16,18H2,1H3;3-10,24H,11-14H2,1-2H3,(H,25,26). The van der Waals surface area contributed by atoms with Crippen molar-refractivity contribution in [3.8, 4) is 33.8 Å². The van der Waals surface area contributed by atoms with Crippen LogP contribution < -0.4 is 25.3 Å². The molecule has 15 rings (SSSR count). The number of nitrogens with zero attached hydrogens (tertiary/aromatic N) is 11. The van der Waals surface area contributed by atoms with Gasteiger partial charge in [0.05, 0.1) is 66.3 Å². The van der Waals surface area contributed by atoms with Gasteiger partial charge in [-0.25, -0.2) is 15.0 Å². The zero-order valence-corrected chi connectivity index (χ0v) is 52.7. The fraction of sp³-hybridized carbons (Fsp3) is 0.301. The van der Waals surface area contributed by atoms with Crippen molar-refractivity contribution in [1.82, 2.24) is 48.5 Å². The van der Waals surface area contributed by atoms with Crippen molar-refractivity contribution in [3.63, 3.8) is 0 Å². The number of nitrogens with one attached hydrogen (secondary N) is 4. The number of fused-ring (bicyclic) bond motifs is 3. The summed E-state index contributed by atoms with van der Waals surface area (Å²) in [4.78, 5) is 21.1. The summed E-state index contributed by atoms with van der Waals surface area (Å²) in [5, 5.41) is 21.9. The van der Waals surface area contributed by atoms with Crippen molar-refractivity contribution in [2.45, 2.75) is 67.7 Å². The molecule has 90 heavy (non-hydrogen) atoms. The number of hydrogen-bond donors (Lipinski definition) is 4. The molecule has 12 aromatic rings. The van der Waals surface area contributed by atoms with E-state index >= 15 is 0 Å². The molecule has 17 nitrogen and oxygen atoms in total. The van der Waals surface area contributed by atoms with Crippen molar-refractivity contribution in [1.29, 1.82) is 0 Å². The highest BCUT2D eigenvalue weighted by atomic mass is 16.5. The highest BCUT2D eigenvalue weighted by Crippen LogP contribution is 2.35. The normalized spacial score (nSPS) is 14.7. The van der Waals surface area contributed by atoms with Gasteiger partial charge < -0.3 is 34.8 Å². The lowest BCUT2D eigenvalue weighted by atomic mass is 9.86. The van der Waals surface area contributed by atoms with E-state index in [2.05, 4.69) is 241 Å². The summed E-state index contributed by atoms with van der Waals surface area (Å²) in [6, 6.07) is 47.7. The molecule has 0 atom stereocenters. The Balaban J connectivity index is 0.000000124. The summed E-state index contributed by atoms with van der Waals surface area (Å²) in [5.41, 5.74) is 25.4. The molecule has 0 amide bonds. The lowest BCUT2D eigenvalue weighted by Crippen LogP contribution is -2.36. The Hall–Kier alpha value is -9.71. The van der Waals surface area contributed by atoms with Crippen molar-refractivity contribution in [2.24, 2.45) is 11.8 Å². The molecule has 17 heteroatoms. The molecule has 3 aliphatic rings. The Morgan fingerprint density at radius 3 is 1.39 bits per heavy atom. The predicted octanol–water partition coefficient (Wildman–Crippen LogP) is 14.6. The Morgan fingerprint density at radius 2 is 0.933 bits per heavy atom. The predicted molar refractivity (Wildman–Crippen MR) is 364 cm³/mol. The van der Waals surface area contributed by atoms with Gasteiger partial charge >= 0.3 is 0 Å². The molecule has 3 saturated heterocycles. The average Bonchev–Trinajstić information content (AvgIpc) is 1.72. The average molecular weight is 1200 g/mol. The minimum atomic E-state index is 0.788. The highest BCUT2D eigenvalue weighted by Gasteiger charge is 2.23. The first-order chi connectivity index (χ1) is 44.0. The molecule has 3 aliphatic heterocycles. The fourth-order valence-electron chi connectivity index (χ4n) is 13.1. The second kappa shape index (κ2) is 26.6. The summed E-state index contributed by atoms with van der Waals surface area (Å²) in [6.45, 7) is 24.3. The van der Waals surface area contributed by atoms with Crippen LogP contribution in [0.1, 0.15) is 66.2 Å². The first-order valence-corrected chi connectivity index (χ1v) is 31.7. The van der Waals surface area contributed by atoms with Crippen LogP contribution >= 0.6 is 0 Å². The number of aryl methyl sites for hydroxylation is 5. The summed E-state index contributed by atoms with van der Waals surface area (Å²) in [6.07, 6.45) is 15.1. The number of imidazole rings is 3. The maximum Gasteiger partial charge on any atom is 0.161 e. The third kappa shape index (κ3) is 12.8. The lowest BCUT2D eigenvalue weighted by molar-refractivity contribution is 0.122. The smallest absolute Gasteiger partial charge is 0.161 e. The number of aromatic amines is 2. The van der Waals surface area contributed by atoms with Crippen molar-refractivity contribution in [3.05, 3.63) is 210 Å². The third-order valence-corrected chi connectivity index (χ3v) is 18.0. The van der Waals surface area contributed by atoms with E-state index < -0.39 is 0 Å². The maximum atomic E-state index is 5.45. The van der Waals surface area contributed by atoms with Gasteiger partial charge in [0.1, 0.15) is 5.65 Å². The molecule has 0 radical (unpaired) electrons. The van der Waals surface area contributed by atoms with E-state index in [-0.39, 0.29) is 0 Å². The molecule has 460 valence electrons. The summed E-state index contributed by atoms with van der Waals surface area (Å²) in [5.74, 6) is 1.65. The van der Waals surface area contributed by atoms with E-state index in [1.54, 1.807) is 0 Å². The first kappa shape index (κ1) is 59.3. The first-order valence-electron chi connectivity index (χ1n) is 31.7. The second-order valence-electron chi connectivity index (χ2n) is 24.3. The Labute approximate surface area is 526 Å². The van der Waals surface area contributed by atoms with Gasteiger partial charge in [-0.3, -0.25) is 23.4 Å². The van der Waals surface area contributed by atoms with Gasteiger partial charge in [-0.15, -0.1) is 0 Å². The van der Waals surface area contributed by atoms with Crippen molar-refractivity contribution >= 4 is 56.8 Å². The number of anilines is 7. The van der Waals surface area contributed by atoms with Gasteiger partial charge in [0, 0.05) is 134 Å². The van der Waals surface area contributed by atoms with Crippen LogP contribution in [0.15, 0.2) is 171 Å². The minimum Gasteiger partial charge on any atom is -0.378 e. The summed E-state index contributed by atoms with van der Waals surface area (Å²) in [7, 11) is 0. The number of H-pyrrole nitrogens is 2. The highest BCUT2D eigenvalue weighted by molar-refractivity contribution is 5.81.